The number of benzene rings is 1. The van der Waals surface area contributed by atoms with Gasteiger partial charge in [-0.15, -0.1) is 0 Å². The van der Waals surface area contributed by atoms with Gasteiger partial charge in [0.1, 0.15) is 5.76 Å². The third-order valence-electron chi connectivity index (χ3n) is 2.47. The van der Waals surface area contributed by atoms with E-state index in [1.54, 1.807) is 13.2 Å². The van der Waals surface area contributed by atoms with Gasteiger partial charge in [0.05, 0.1) is 13.2 Å². The topological polar surface area (TPSA) is 34.4 Å². The smallest absolute Gasteiger partial charge is 0.284 e. The van der Waals surface area contributed by atoms with Crippen molar-refractivity contribution in [2.75, 3.05) is 7.11 Å². The molecule has 86 valence electrons. The minimum Gasteiger partial charge on any atom is -0.468 e. The van der Waals surface area contributed by atoms with Crippen molar-refractivity contribution >= 4 is 23.9 Å². The van der Waals surface area contributed by atoms with E-state index in [1.165, 1.54) is 0 Å². The lowest BCUT2D eigenvalue weighted by Crippen LogP contribution is -2.19. The summed E-state index contributed by atoms with van der Waals surface area (Å²) in [4.78, 5) is 0. The highest BCUT2D eigenvalue weighted by Crippen LogP contribution is 2.30. The number of ether oxygens (including phenoxy) is 1. The van der Waals surface area contributed by atoms with Gasteiger partial charge in [-0.3, -0.25) is 0 Å². The summed E-state index contributed by atoms with van der Waals surface area (Å²) in [5.74, 6) is 1.17. The lowest BCUT2D eigenvalue weighted by molar-refractivity contribution is 0.290. The van der Waals surface area contributed by atoms with Gasteiger partial charge in [-0.1, -0.05) is 34.1 Å². The monoisotopic (exact) mass is 291 g/mol. The Morgan fingerprint density at radius 1 is 1.29 bits per heavy atom. The first-order valence-electron chi connectivity index (χ1n) is 5.10. The number of halogens is 1. The summed E-state index contributed by atoms with van der Waals surface area (Å²) in [5, 5.41) is 2.73. The molecule has 3 nitrogen and oxygen atoms in total. The second kappa shape index (κ2) is 5.43. The fourth-order valence-electron chi connectivity index (χ4n) is 1.63. The van der Waals surface area contributed by atoms with Gasteiger partial charge in [0.25, 0.3) is 5.95 Å². The molecule has 1 unspecified atom stereocenters. The van der Waals surface area contributed by atoms with E-state index in [-0.39, 0.29) is 6.04 Å². The fraction of sp³-hybridized carbons (Fsp3) is 0.167. The molecule has 1 heterocycles. The number of furan rings is 1. The molecule has 2 radical (unpaired) electrons. The first-order valence-corrected chi connectivity index (χ1v) is 5.90. The first-order chi connectivity index (χ1) is 8.26. The number of hydrogen-bond donors (Lipinski definition) is 1. The molecule has 5 heteroatoms. The molecule has 2 rings (SSSR count). The molecular formula is C12H11BBrNO2. The van der Waals surface area contributed by atoms with Crippen molar-refractivity contribution in [3.05, 3.63) is 52.2 Å². The van der Waals surface area contributed by atoms with Crippen LogP contribution in [0.5, 0.6) is 5.95 Å². The van der Waals surface area contributed by atoms with Gasteiger partial charge in [-0.25, -0.2) is 0 Å². The Kier molecular flexibility index (Phi) is 3.91. The van der Waals surface area contributed by atoms with Crippen LogP contribution in [0.1, 0.15) is 17.4 Å². The third-order valence-corrected chi connectivity index (χ3v) is 3.19. The Morgan fingerprint density at radius 3 is 2.65 bits per heavy atom. The zero-order chi connectivity index (χ0) is 12.3. The SMILES string of the molecule is [B]NC(c1ccc(OC)o1)c1ccccc1Br. The predicted octanol–water partition coefficient (Wildman–Crippen LogP) is 2.81. The molecule has 17 heavy (non-hydrogen) atoms. The summed E-state index contributed by atoms with van der Waals surface area (Å²) >= 11 is 3.49. The van der Waals surface area contributed by atoms with E-state index in [0.29, 0.717) is 11.7 Å². The van der Waals surface area contributed by atoms with Gasteiger partial charge in [0.2, 0.25) is 0 Å². The molecule has 1 atom stereocenters. The molecule has 1 aromatic heterocycles. The summed E-state index contributed by atoms with van der Waals surface area (Å²) in [7, 11) is 7.15. The quantitative estimate of drug-likeness (QED) is 0.880. The number of hydrogen-bond acceptors (Lipinski definition) is 3. The van der Waals surface area contributed by atoms with E-state index < -0.39 is 0 Å². The molecule has 0 aliphatic carbocycles. The number of methoxy groups -OCH3 is 1. The van der Waals surface area contributed by atoms with E-state index in [2.05, 4.69) is 21.2 Å². The zero-order valence-corrected chi connectivity index (χ0v) is 10.9. The Hall–Kier alpha value is -1.20. The second-order valence-corrected chi connectivity index (χ2v) is 4.34. The molecule has 0 saturated carbocycles. The van der Waals surface area contributed by atoms with Gasteiger partial charge >= 0.3 is 0 Å². The maximum Gasteiger partial charge on any atom is 0.284 e. The molecule has 0 aliphatic rings. The molecule has 0 spiro atoms. The molecule has 1 aromatic carbocycles. The molecule has 2 aromatic rings. The van der Waals surface area contributed by atoms with Crippen LogP contribution < -0.4 is 9.96 Å². The van der Waals surface area contributed by atoms with E-state index in [0.717, 1.165) is 10.0 Å². The zero-order valence-electron chi connectivity index (χ0n) is 9.31. The Labute approximate surface area is 110 Å². The minimum atomic E-state index is -0.213. The maximum absolute atomic E-state index is 5.58. The highest BCUT2D eigenvalue weighted by molar-refractivity contribution is 9.10. The van der Waals surface area contributed by atoms with Crippen LogP contribution in [0.4, 0.5) is 0 Å². The van der Waals surface area contributed by atoms with Gasteiger partial charge < -0.3 is 14.4 Å². The number of nitrogens with one attached hydrogen (secondary N) is 1. The van der Waals surface area contributed by atoms with E-state index >= 15 is 0 Å². The van der Waals surface area contributed by atoms with E-state index in [9.17, 15) is 0 Å². The van der Waals surface area contributed by atoms with Crippen LogP contribution in [0.15, 0.2) is 45.3 Å². The average Bonchev–Trinajstić information content (AvgIpc) is 2.81. The van der Waals surface area contributed by atoms with Gasteiger partial charge in [-0.05, 0) is 17.7 Å². The molecular weight excluding hydrogens is 281 g/mol. The average molecular weight is 292 g/mol. The van der Waals surface area contributed by atoms with Crippen molar-refractivity contribution in [3.63, 3.8) is 0 Å². The van der Waals surface area contributed by atoms with Crippen molar-refractivity contribution in [1.82, 2.24) is 5.23 Å². The van der Waals surface area contributed by atoms with Crippen LogP contribution in [0.25, 0.3) is 0 Å². The lowest BCUT2D eigenvalue weighted by atomic mass is 10.0. The van der Waals surface area contributed by atoms with E-state index in [4.69, 9.17) is 17.1 Å². The predicted molar refractivity (Wildman–Crippen MR) is 70.1 cm³/mol. The lowest BCUT2D eigenvalue weighted by Gasteiger charge is -2.15. The van der Waals surface area contributed by atoms with Crippen LogP contribution in [-0.4, -0.2) is 15.1 Å². The Bertz CT molecular complexity index is 501. The van der Waals surface area contributed by atoms with Gasteiger partial charge in [0.15, 0.2) is 7.98 Å². The third kappa shape index (κ3) is 2.56. The van der Waals surface area contributed by atoms with Crippen LogP contribution in [-0.2, 0) is 0 Å². The molecule has 1 N–H and O–H groups in total. The highest BCUT2D eigenvalue weighted by atomic mass is 79.9. The van der Waals surface area contributed by atoms with Crippen LogP contribution in [0.2, 0.25) is 0 Å². The molecule has 0 fully saturated rings. The van der Waals surface area contributed by atoms with Crippen molar-refractivity contribution < 1.29 is 9.15 Å². The van der Waals surface area contributed by atoms with Crippen molar-refractivity contribution in [3.8, 4) is 5.95 Å². The molecule has 0 aliphatic heterocycles. The normalized spacial score (nSPS) is 12.4. The van der Waals surface area contributed by atoms with Gasteiger partial charge in [0, 0.05) is 10.5 Å². The summed E-state index contributed by atoms with van der Waals surface area (Å²) in [6.45, 7) is 0. The van der Waals surface area contributed by atoms with Crippen molar-refractivity contribution in [1.29, 1.82) is 0 Å². The standard InChI is InChI=1S/C12H11BBrNO2/c1-16-11-7-6-10(17-11)12(15-13)8-4-2-3-5-9(8)14/h2-7,12,15H,1H3. The largest absolute Gasteiger partial charge is 0.468 e. The molecule has 0 bridgehead atoms. The first kappa shape index (κ1) is 12.3. The van der Waals surface area contributed by atoms with Crippen LogP contribution in [0.3, 0.4) is 0 Å². The van der Waals surface area contributed by atoms with Crippen molar-refractivity contribution in [2.45, 2.75) is 6.04 Å². The summed E-state index contributed by atoms with van der Waals surface area (Å²) in [5.41, 5.74) is 1.01. The van der Waals surface area contributed by atoms with Crippen LogP contribution >= 0.6 is 15.9 Å². The Morgan fingerprint density at radius 2 is 2.06 bits per heavy atom. The Balaban J connectivity index is 2.36. The second-order valence-electron chi connectivity index (χ2n) is 3.48. The summed E-state index contributed by atoms with van der Waals surface area (Å²) in [6.07, 6.45) is 0. The van der Waals surface area contributed by atoms with E-state index in [1.807, 2.05) is 30.3 Å². The molecule has 0 amide bonds. The number of rotatable bonds is 4. The highest BCUT2D eigenvalue weighted by Gasteiger charge is 2.17. The minimum absolute atomic E-state index is 0.213. The summed E-state index contributed by atoms with van der Waals surface area (Å²) in [6, 6.07) is 11.2. The van der Waals surface area contributed by atoms with Gasteiger partial charge in [-0.2, -0.15) is 0 Å². The van der Waals surface area contributed by atoms with Crippen molar-refractivity contribution in [2.24, 2.45) is 0 Å². The summed E-state index contributed by atoms with van der Waals surface area (Å²) < 4.78 is 11.5. The fourth-order valence-corrected chi connectivity index (χ4v) is 2.15. The molecule has 0 saturated heterocycles. The van der Waals surface area contributed by atoms with Crippen LogP contribution in [0, 0.1) is 0 Å². The maximum atomic E-state index is 5.58.